The number of ether oxygens (including phenoxy) is 1. The van der Waals surface area contributed by atoms with E-state index in [-0.39, 0.29) is 28.4 Å². The standard InChI is InChI=1S/C31H30F2N2O3S/c1-21(2)17-25-20-35(24-9-5-4-6-10-24)28-19-30(38-29-12-8-7-11-27(29)33)26(22-13-15-23(32)16-14-22)18-31(28)39(36,37)34(25)3/h4-16,18-19,21,25H,17,20H2,1-3H3/t25-/m1/s1. The zero-order valence-corrected chi connectivity index (χ0v) is 22.8. The number of sulfonamides is 1. The Labute approximate surface area is 228 Å². The molecule has 0 amide bonds. The maximum absolute atomic E-state index is 14.7. The topological polar surface area (TPSA) is 49.9 Å². The molecule has 202 valence electrons. The van der Waals surface area contributed by atoms with Crippen LogP contribution in [0.25, 0.3) is 11.1 Å². The van der Waals surface area contributed by atoms with Gasteiger partial charge in [-0.05, 0) is 60.4 Å². The van der Waals surface area contributed by atoms with Gasteiger partial charge in [0.15, 0.2) is 11.6 Å². The van der Waals surface area contributed by atoms with Crippen LogP contribution in [-0.4, -0.2) is 32.4 Å². The summed E-state index contributed by atoms with van der Waals surface area (Å²) in [5, 5.41) is 0. The van der Waals surface area contributed by atoms with E-state index in [1.54, 1.807) is 43.4 Å². The Morgan fingerprint density at radius 1 is 0.897 bits per heavy atom. The van der Waals surface area contributed by atoms with Gasteiger partial charge in [-0.2, -0.15) is 4.31 Å². The maximum atomic E-state index is 14.7. The second-order valence-corrected chi connectivity index (χ2v) is 12.1. The highest BCUT2D eigenvalue weighted by atomic mass is 32.2. The third-order valence-corrected chi connectivity index (χ3v) is 8.88. The number of hydrogen-bond acceptors (Lipinski definition) is 4. The van der Waals surface area contributed by atoms with E-state index < -0.39 is 21.7 Å². The molecule has 0 unspecified atom stereocenters. The fraction of sp³-hybridized carbons (Fsp3) is 0.226. The van der Waals surface area contributed by atoms with Crippen molar-refractivity contribution < 1.29 is 21.9 Å². The molecule has 0 fully saturated rings. The quantitative estimate of drug-likeness (QED) is 0.249. The lowest BCUT2D eigenvalue weighted by molar-refractivity contribution is 0.326. The number of hydrogen-bond donors (Lipinski definition) is 0. The second kappa shape index (κ2) is 10.8. The van der Waals surface area contributed by atoms with E-state index in [9.17, 15) is 17.2 Å². The van der Waals surface area contributed by atoms with Gasteiger partial charge < -0.3 is 9.64 Å². The SMILES string of the molecule is CC(C)C[C@@H]1CN(c2ccccc2)c2cc(Oc3ccccc3F)c(-c3ccc(F)cc3)cc2S(=O)(=O)N1C. The molecule has 5 rings (SSSR count). The normalized spacial score (nSPS) is 17.1. The summed E-state index contributed by atoms with van der Waals surface area (Å²) in [6, 6.07) is 24.2. The van der Waals surface area contributed by atoms with Gasteiger partial charge in [-0.1, -0.05) is 56.3 Å². The number of benzene rings is 4. The van der Waals surface area contributed by atoms with Gasteiger partial charge >= 0.3 is 0 Å². The first-order valence-corrected chi connectivity index (χ1v) is 14.3. The summed E-state index contributed by atoms with van der Waals surface area (Å²) < 4.78 is 64.2. The number of likely N-dealkylation sites (N-methyl/N-ethyl adjacent to an activating group) is 1. The van der Waals surface area contributed by atoms with Crippen LogP contribution in [0.5, 0.6) is 11.5 Å². The molecule has 8 heteroatoms. The predicted molar refractivity (Wildman–Crippen MR) is 150 cm³/mol. The van der Waals surface area contributed by atoms with Crippen molar-refractivity contribution in [1.82, 2.24) is 4.31 Å². The van der Waals surface area contributed by atoms with Gasteiger partial charge in [-0.3, -0.25) is 0 Å². The lowest BCUT2D eigenvalue weighted by Crippen LogP contribution is -2.41. The first-order valence-electron chi connectivity index (χ1n) is 12.8. The number of anilines is 2. The average molecular weight is 549 g/mol. The largest absolute Gasteiger partial charge is 0.454 e. The Morgan fingerprint density at radius 3 is 2.23 bits per heavy atom. The Morgan fingerprint density at radius 2 is 1.56 bits per heavy atom. The first kappa shape index (κ1) is 26.8. The zero-order chi connectivity index (χ0) is 27.7. The summed E-state index contributed by atoms with van der Waals surface area (Å²) in [5.41, 5.74) is 2.20. The Balaban J connectivity index is 1.78. The molecule has 0 spiro atoms. The first-order chi connectivity index (χ1) is 18.6. The van der Waals surface area contributed by atoms with Crippen LogP contribution >= 0.6 is 0 Å². The lowest BCUT2D eigenvalue weighted by atomic mass is 10.0. The minimum atomic E-state index is -3.94. The van der Waals surface area contributed by atoms with Crippen LogP contribution in [0.15, 0.2) is 95.9 Å². The van der Waals surface area contributed by atoms with Crippen LogP contribution in [0.1, 0.15) is 20.3 Å². The highest BCUT2D eigenvalue weighted by molar-refractivity contribution is 7.89. The van der Waals surface area contributed by atoms with Crippen molar-refractivity contribution in [2.24, 2.45) is 5.92 Å². The van der Waals surface area contributed by atoms with E-state index in [4.69, 9.17) is 4.74 Å². The van der Waals surface area contributed by atoms with Crippen LogP contribution in [-0.2, 0) is 10.0 Å². The molecule has 4 aromatic rings. The molecule has 5 nitrogen and oxygen atoms in total. The molecular weight excluding hydrogens is 518 g/mol. The molecule has 0 N–H and O–H groups in total. The van der Waals surface area contributed by atoms with Gasteiger partial charge in [-0.25, -0.2) is 17.2 Å². The molecule has 1 atom stereocenters. The van der Waals surface area contributed by atoms with Crippen molar-refractivity contribution in [1.29, 1.82) is 0 Å². The van der Waals surface area contributed by atoms with Crippen molar-refractivity contribution in [3.63, 3.8) is 0 Å². The van der Waals surface area contributed by atoms with Crippen LogP contribution in [0.4, 0.5) is 20.2 Å². The van der Waals surface area contributed by atoms with E-state index in [0.29, 0.717) is 29.8 Å². The molecule has 1 aliphatic rings. The van der Waals surface area contributed by atoms with Crippen molar-refractivity contribution >= 4 is 21.4 Å². The fourth-order valence-electron chi connectivity index (χ4n) is 4.95. The summed E-state index contributed by atoms with van der Waals surface area (Å²) in [6.45, 7) is 4.55. The number of para-hydroxylation sites is 2. The summed E-state index contributed by atoms with van der Waals surface area (Å²) in [6.07, 6.45) is 0.663. The molecule has 0 aliphatic carbocycles. The zero-order valence-electron chi connectivity index (χ0n) is 22.0. The molecule has 0 saturated carbocycles. The Bertz CT molecular complexity index is 1580. The van der Waals surface area contributed by atoms with E-state index >= 15 is 0 Å². The van der Waals surface area contributed by atoms with Crippen molar-refractivity contribution in [3.8, 4) is 22.6 Å². The van der Waals surface area contributed by atoms with Crippen molar-refractivity contribution in [3.05, 3.63) is 103 Å². The van der Waals surface area contributed by atoms with Gasteiger partial charge in [0.2, 0.25) is 10.0 Å². The van der Waals surface area contributed by atoms with E-state index in [1.807, 2.05) is 35.2 Å². The molecule has 1 aliphatic heterocycles. The number of nitrogens with zero attached hydrogens (tertiary/aromatic N) is 2. The van der Waals surface area contributed by atoms with E-state index in [2.05, 4.69) is 13.8 Å². The minimum absolute atomic E-state index is 0.00152. The second-order valence-electron chi connectivity index (χ2n) is 10.1. The highest BCUT2D eigenvalue weighted by Gasteiger charge is 2.38. The summed E-state index contributed by atoms with van der Waals surface area (Å²) in [4.78, 5) is 2.08. The van der Waals surface area contributed by atoms with Gasteiger partial charge in [-0.15, -0.1) is 0 Å². The summed E-state index contributed by atoms with van der Waals surface area (Å²) in [5.74, 6) is -0.461. The van der Waals surface area contributed by atoms with Crippen LogP contribution in [0.3, 0.4) is 0 Å². The maximum Gasteiger partial charge on any atom is 0.245 e. The smallest absolute Gasteiger partial charge is 0.245 e. The van der Waals surface area contributed by atoms with Crippen LogP contribution in [0.2, 0.25) is 0 Å². The van der Waals surface area contributed by atoms with Gasteiger partial charge in [0.05, 0.1) is 5.69 Å². The van der Waals surface area contributed by atoms with Crippen LogP contribution in [0, 0.1) is 17.6 Å². The predicted octanol–water partition coefficient (Wildman–Crippen LogP) is 7.61. The molecule has 0 saturated heterocycles. The number of halogens is 2. The third kappa shape index (κ3) is 5.40. The molecule has 4 aromatic carbocycles. The lowest BCUT2D eigenvalue weighted by Gasteiger charge is -2.30. The molecule has 0 radical (unpaired) electrons. The summed E-state index contributed by atoms with van der Waals surface area (Å²) >= 11 is 0. The molecule has 0 aromatic heterocycles. The molecular formula is C31H30F2N2O3S. The van der Waals surface area contributed by atoms with Gasteiger partial charge in [0.25, 0.3) is 0 Å². The highest BCUT2D eigenvalue weighted by Crippen LogP contribution is 2.45. The van der Waals surface area contributed by atoms with Gasteiger partial charge in [0, 0.05) is 37.0 Å². The summed E-state index contributed by atoms with van der Waals surface area (Å²) in [7, 11) is -2.33. The van der Waals surface area contributed by atoms with Crippen molar-refractivity contribution in [2.45, 2.75) is 31.2 Å². The Kier molecular flexibility index (Phi) is 7.42. The Hall–Kier alpha value is -3.75. The molecule has 39 heavy (non-hydrogen) atoms. The molecule has 0 bridgehead atoms. The van der Waals surface area contributed by atoms with E-state index in [0.717, 1.165) is 5.69 Å². The third-order valence-electron chi connectivity index (χ3n) is 6.94. The minimum Gasteiger partial charge on any atom is -0.454 e. The number of rotatable bonds is 6. The fourth-order valence-corrected chi connectivity index (χ4v) is 6.50. The molecule has 1 heterocycles. The average Bonchev–Trinajstić information content (AvgIpc) is 2.99. The van der Waals surface area contributed by atoms with Crippen molar-refractivity contribution in [2.75, 3.05) is 18.5 Å². The monoisotopic (exact) mass is 548 g/mol. The van der Waals surface area contributed by atoms with Crippen LogP contribution < -0.4 is 9.64 Å². The van der Waals surface area contributed by atoms with Gasteiger partial charge in [0.1, 0.15) is 16.5 Å². The van der Waals surface area contributed by atoms with E-state index in [1.165, 1.54) is 28.6 Å². The number of fused-ring (bicyclic) bond motifs is 1.